The molecule has 0 amide bonds. The van der Waals surface area contributed by atoms with Gasteiger partial charge in [0.25, 0.3) is 0 Å². The molecule has 0 saturated carbocycles. The van der Waals surface area contributed by atoms with Crippen molar-refractivity contribution in [1.29, 1.82) is 0 Å². The lowest BCUT2D eigenvalue weighted by atomic mass is 10.1. The van der Waals surface area contributed by atoms with Gasteiger partial charge >= 0.3 is 0 Å². The number of aliphatic hydroxyl groups excluding tert-OH is 4. The van der Waals surface area contributed by atoms with Crippen LogP contribution in [0.5, 0.6) is 0 Å². The van der Waals surface area contributed by atoms with Gasteiger partial charge in [-0.25, -0.2) is 0 Å². The van der Waals surface area contributed by atoms with E-state index in [1.165, 1.54) is 0 Å². The molecule has 0 fully saturated rings. The largest absolute Gasteiger partial charge is 0.396 e. The Morgan fingerprint density at radius 1 is 0.625 bits per heavy atom. The van der Waals surface area contributed by atoms with E-state index in [1.807, 2.05) is 0 Å². The quantitative estimate of drug-likeness (QED) is 0.348. The average Bonchev–Trinajstić information content (AvgIpc) is 2.19. The molecule has 100 valence electrons. The van der Waals surface area contributed by atoms with Gasteiger partial charge in [-0.3, -0.25) is 0 Å². The van der Waals surface area contributed by atoms with Gasteiger partial charge in [0.1, 0.15) is 0 Å². The van der Waals surface area contributed by atoms with Crippen LogP contribution in [0.2, 0.25) is 0 Å². The Kier molecular flexibility index (Phi) is 14.5. The molecule has 16 heavy (non-hydrogen) atoms. The zero-order valence-corrected chi connectivity index (χ0v) is 9.72. The molecule has 0 aromatic heterocycles. The second-order valence-corrected chi connectivity index (χ2v) is 3.43. The summed E-state index contributed by atoms with van der Waals surface area (Å²) in [5, 5.41) is 35.1. The Morgan fingerprint density at radius 3 is 1.06 bits per heavy atom. The lowest BCUT2D eigenvalue weighted by molar-refractivity contribution is -0.0505. The predicted octanol–water partition coefficient (Wildman–Crippen LogP) is -0.568. The zero-order valence-electron chi connectivity index (χ0n) is 9.72. The fourth-order valence-corrected chi connectivity index (χ4v) is 1.41. The number of ether oxygens (including phenoxy) is 1. The third-order valence-electron chi connectivity index (χ3n) is 2.19. The van der Waals surface area contributed by atoms with Crippen molar-refractivity contribution in [1.82, 2.24) is 6.15 Å². The summed E-state index contributed by atoms with van der Waals surface area (Å²) in [6, 6.07) is 0. The summed E-state index contributed by atoms with van der Waals surface area (Å²) in [6.07, 6.45) is 1.45. The normalized spacial score (nSPS) is 10.9. The van der Waals surface area contributed by atoms with Crippen LogP contribution in [0.15, 0.2) is 0 Å². The third kappa shape index (κ3) is 9.02. The first-order chi connectivity index (χ1) is 7.28. The molecule has 6 nitrogen and oxygen atoms in total. The van der Waals surface area contributed by atoms with Gasteiger partial charge < -0.3 is 31.3 Å². The summed E-state index contributed by atoms with van der Waals surface area (Å²) in [5.74, 6) is 0. The van der Waals surface area contributed by atoms with Gasteiger partial charge in [-0.1, -0.05) is 0 Å². The first-order valence-corrected chi connectivity index (χ1v) is 5.37. The first kappa shape index (κ1) is 18.1. The van der Waals surface area contributed by atoms with Crippen molar-refractivity contribution in [2.24, 2.45) is 0 Å². The van der Waals surface area contributed by atoms with Gasteiger partial charge in [0.05, 0.1) is 12.2 Å². The maximum Gasteiger partial charge on any atom is 0.0622 e. The van der Waals surface area contributed by atoms with Gasteiger partial charge in [-0.2, -0.15) is 0 Å². The average molecular weight is 239 g/mol. The molecule has 0 aromatic rings. The highest BCUT2D eigenvalue weighted by molar-refractivity contribution is 4.63. The minimum Gasteiger partial charge on any atom is -0.396 e. The molecule has 0 bridgehead atoms. The Bertz CT molecular complexity index is 110. The molecule has 0 aromatic carbocycles. The van der Waals surface area contributed by atoms with Crippen LogP contribution in [0.4, 0.5) is 0 Å². The molecule has 0 radical (unpaired) electrons. The van der Waals surface area contributed by atoms with E-state index in [0.29, 0.717) is 25.7 Å². The molecular weight excluding hydrogens is 214 g/mol. The van der Waals surface area contributed by atoms with Crippen LogP contribution in [0.3, 0.4) is 0 Å². The van der Waals surface area contributed by atoms with E-state index < -0.39 is 0 Å². The highest BCUT2D eigenvalue weighted by Gasteiger charge is 2.15. The smallest absolute Gasteiger partial charge is 0.0622 e. The summed E-state index contributed by atoms with van der Waals surface area (Å²) in [7, 11) is 0. The van der Waals surface area contributed by atoms with Crippen LogP contribution in [0.25, 0.3) is 0 Å². The highest BCUT2D eigenvalue weighted by Crippen LogP contribution is 2.12. The Balaban J connectivity index is 0. The Hall–Kier alpha value is -0.240. The van der Waals surface area contributed by atoms with Crippen LogP contribution < -0.4 is 6.15 Å². The van der Waals surface area contributed by atoms with E-state index in [4.69, 9.17) is 25.2 Å². The molecule has 0 aliphatic carbocycles. The van der Waals surface area contributed by atoms with Crippen LogP contribution in [-0.2, 0) is 4.74 Å². The van der Waals surface area contributed by atoms with Crippen molar-refractivity contribution >= 4 is 0 Å². The fraction of sp³-hybridized carbons (Fsp3) is 1.00. The summed E-state index contributed by atoms with van der Waals surface area (Å²) in [5.41, 5.74) is 0. The van der Waals surface area contributed by atoms with Gasteiger partial charge in [0.15, 0.2) is 0 Å². The molecule has 0 saturated heterocycles. The molecule has 6 heteroatoms. The van der Waals surface area contributed by atoms with Crippen LogP contribution >= 0.6 is 0 Å². The van der Waals surface area contributed by atoms with Gasteiger partial charge in [-0.15, -0.1) is 0 Å². The summed E-state index contributed by atoms with van der Waals surface area (Å²) in [4.78, 5) is 0. The SMILES string of the molecule is N.OCCC(CCO)OC(CCO)CCO. The van der Waals surface area contributed by atoms with E-state index in [9.17, 15) is 0 Å². The van der Waals surface area contributed by atoms with Crippen molar-refractivity contribution in [3.05, 3.63) is 0 Å². The van der Waals surface area contributed by atoms with Gasteiger partial charge in [-0.05, 0) is 25.7 Å². The van der Waals surface area contributed by atoms with Crippen LogP contribution in [-0.4, -0.2) is 59.1 Å². The van der Waals surface area contributed by atoms with Gasteiger partial charge in [0.2, 0.25) is 0 Å². The topological polar surface area (TPSA) is 125 Å². The minimum atomic E-state index is -0.205. The van der Waals surface area contributed by atoms with Crippen molar-refractivity contribution in [2.75, 3.05) is 26.4 Å². The molecule has 0 atom stereocenters. The Morgan fingerprint density at radius 2 is 0.875 bits per heavy atom. The maximum atomic E-state index is 8.78. The second-order valence-electron chi connectivity index (χ2n) is 3.43. The molecule has 0 unspecified atom stereocenters. The van der Waals surface area contributed by atoms with Crippen LogP contribution in [0.1, 0.15) is 25.7 Å². The fourth-order valence-electron chi connectivity index (χ4n) is 1.41. The highest BCUT2D eigenvalue weighted by atomic mass is 16.5. The van der Waals surface area contributed by atoms with Gasteiger partial charge in [0, 0.05) is 26.4 Å². The molecule has 7 N–H and O–H groups in total. The number of aliphatic hydroxyl groups is 4. The van der Waals surface area contributed by atoms with E-state index >= 15 is 0 Å². The zero-order chi connectivity index (χ0) is 11.5. The molecule has 0 heterocycles. The van der Waals surface area contributed by atoms with Crippen molar-refractivity contribution in [3.63, 3.8) is 0 Å². The summed E-state index contributed by atoms with van der Waals surface area (Å²) < 4.78 is 5.57. The van der Waals surface area contributed by atoms with E-state index in [1.54, 1.807) is 0 Å². The number of hydrogen-bond donors (Lipinski definition) is 5. The summed E-state index contributed by atoms with van der Waals surface area (Å²) >= 11 is 0. The second kappa shape index (κ2) is 12.8. The van der Waals surface area contributed by atoms with Crippen molar-refractivity contribution in [3.8, 4) is 0 Å². The molecular formula is C10H25NO5. The monoisotopic (exact) mass is 239 g/mol. The van der Waals surface area contributed by atoms with Crippen molar-refractivity contribution < 1.29 is 25.2 Å². The standard InChI is InChI=1S/C10H22O5.H3N/c11-5-1-9(2-6-12)15-10(3-7-13)4-8-14;/h9-14H,1-8H2;1H3. The molecule has 0 rings (SSSR count). The maximum absolute atomic E-state index is 8.78. The third-order valence-corrected chi connectivity index (χ3v) is 2.19. The molecule has 0 aliphatic heterocycles. The number of rotatable bonds is 10. The summed E-state index contributed by atoms with van der Waals surface area (Å²) in [6.45, 7) is 0.0382. The van der Waals surface area contributed by atoms with E-state index in [2.05, 4.69) is 0 Å². The number of hydrogen-bond acceptors (Lipinski definition) is 6. The Labute approximate surface area is 96.4 Å². The molecule has 0 spiro atoms. The predicted molar refractivity (Wildman–Crippen MR) is 60.5 cm³/mol. The van der Waals surface area contributed by atoms with Crippen molar-refractivity contribution in [2.45, 2.75) is 37.9 Å². The lowest BCUT2D eigenvalue weighted by Gasteiger charge is -2.23. The van der Waals surface area contributed by atoms with Crippen LogP contribution in [0, 0.1) is 0 Å². The minimum absolute atomic E-state index is 0. The van der Waals surface area contributed by atoms with E-state index in [0.717, 1.165) is 0 Å². The lowest BCUT2D eigenvalue weighted by Crippen LogP contribution is -2.26. The first-order valence-electron chi connectivity index (χ1n) is 5.37. The molecule has 0 aliphatic rings. The van der Waals surface area contributed by atoms with E-state index in [-0.39, 0.29) is 44.8 Å².